The molecule has 6 heteroatoms. The molecule has 1 aliphatic rings. The molecule has 22 heavy (non-hydrogen) atoms. The normalized spacial score (nSPS) is 16.2. The van der Waals surface area contributed by atoms with Crippen LogP contribution in [0.2, 0.25) is 0 Å². The molecule has 0 aromatic heterocycles. The van der Waals surface area contributed by atoms with E-state index in [0.717, 1.165) is 11.3 Å². The van der Waals surface area contributed by atoms with Gasteiger partial charge in [0.2, 0.25) is 5.91 Å². The van der Waals surface area contributed by atoms with Gasteiger partial charge in [0, 0.05) is 23.2 Å². The van der Waals surface area contributed by atoms with Crippen LogP contribution in [0.1, 0.15) is 49.0 Å². The van der Waals surface area contributed by atoms with Gasteiger partial charge in [-0.1, -0.05) is 6.92 Å². The molecule has 1 unspecified atom stereocenters. The van der Waals surface area contributed by atoms with Gasteiger partial charge < -0.3 is 15.7 Å². The first-order valence-electron chi connectivity index (χ1n) is 7.30. The standard InChI is InChI=1S/C16H20N2O4/c1-3-16(2,9-14(20)21)18-15(22)11-4-6-12-10(8-11)5-7-13(19)17-12/h4,6,8H,3,5,7,9H2,1-2H3,(H,17,19)(H,18,22)(H,20,21). The van der Waals surface area contributed by atoms with Gasteiger partial charge in [-0.05, 0) is 43.5 Å². The number of carbonyl (C=O) groups is 3. The zero-order valence-corrected chi connectivity index (χ0v) is 12.7. The van der Waals surface area contributed by atoms with Gasteiger partial charge in [0.25, 0.3) is 5.91 Å². The molecule has 0 radical (unpaired) electrons. The summed E-state index contributed by atoms with van der Waals surface area (Å²) in [5.74, 6) is -1.27. The molecule has 0 saturated carbocycles. The first-order chi connectivity index (χ1) is 10.3. The average Bonchev–Trinajstić information content (AvgIpc) is 2.45. The van der Waals surface area contributed by atoms with Crippen LogP contribution in [-0.4, -0.2) is 28.4 Å². The number of nitrogens with one attached hydrogen (secondary N) is 2. The van der Waals surface area contributed by atoms with Crippen LogP contribution in [0.25, 0.3) is 0 Å². The number of aliphatic carboxylic acids is 1. The lowest BCUT2D eigenvalue weighted by atomic mass is 9.93. The van der Waals surface area contributed by atoms with Crippen LogP contribution in [0.4, 0.5) is 5.69 Å². The highest BCUT2D eigenvalue weighted by Gasteiger charge is 2.28. The number of fused-ring (bicyclic) bond motifs is 1. The number of hydrogen-bond acceptors (Lipinski definition) is 3. The fourth-order valence-corrected chi connectivity index (χ4v) is 2.46. The van der Waals surface area contributed by atoms with Gasteiger partial charge in [-0.3, -0.25) is 14.4 Å². The van der Waals surface area contributed by atoms with Crippen LogP contribution < -0.4 is 10.6 Å². The van der Waals surface area contributed by atoms with Crippen LogP contribution in [0.3, 0.4) is 0 Å². The van der Waals surface area contributed by atoms with Gasteiger partial charge in [-0.25, -0.2) is 0 Å². The van der Waals surface area contributed by atoms with Gasteiger partial charge in [0.1, 0.15) is 0 Å². The first-order valence-corrected chi connectivity index (χ1v) is 7.30. The van der Waals surface area contributed by atoms with Crippen LogP contribution in [0.15, 0.2) is 18.2 Å². The Labute approximate surface area is 128 Å². The summed E-state index contributed by atoms with van der Waals surface area (Å²) < 4.78 is 0. The van der Waals surface area contributed by atoms with Crippen LogP contribution in [0.5, 0.6) is 0 Å². The van der Waals surface area contributed by atoms with E-state index in [1.54, 1.807) is 25.1 Å². The van der Waals surface area contributed by atoms with Crippen molar-refractivity contribution in [2.45, 2.75) is 45.1 Å². The number of amides is 2. The Morgan fingerprint density at radius 2 is 2.09 bits per heavy atom. The number of carboxylic acid groups (broad SMARTS) is 1. The summed E-state index contributed by atoms with van der Waals surface area (Å²) in [6, 6.07) is 5.10. The zero-order valence-electron chi connectivity index (χ0n) is 12.7. The Kier molecular flexibility index (Phi) is 4.49. The maximum atomic E-state index is 12.4. The summed E-state index contributed by atoms with van der Waals surface area (Å²) >= 11 is 0. The second-order valence-electron chi connectivity index (χ2n) is 5.86. The van der Waals surface area contributed by atoms with Gasteiger partial charge in [-0.15, -0.1) is 0 Å². The van der Waals surface area contributed by atoms with E-state index in [2.05, 4.69) is 10.6 Å². The predicted molar refractivity (Wildman–Crippen MR) is 81.8 cm³/mol. The third kappa shape index (κ3) is 3.63. The van der Waals surface area contributed by atoms with Crippen LogP contribution in [-0.2, 0) is 16.0 Å². The summed E-state index contributed by atoms with van der Waals surface area (Å²) in [5.41, 5.74) is 1.34. The van der Waals surface area contributed by atoms with E-state index in [0.29, 0.717) is 24.8 Å². The van der Waals surface area contributed by atoms with E-state index in [9.17, 15) is 14.4 Å². The molecule has 1 atom stereocenters. The first kappa shape index (κ1) is 16.0. The second-order valence-corrected chi connectivity index (χ2v) is 5.86. The van der Waals surface area contributed by atoms with Crippen molar-refractivity contribution < 1.29 is 19.5 Å². The number of carbonyl (C=O) groups excluding carboxylic acids is 2. The summed E-state index contributed by atoms with van der Waals surface area (Å²) in [4.78, 5) is 34.6. The molecule has 0 bridgehead atoms. The Bertz CT molecular complexity index is 627. The number of aryl methyl sites for hydroxylation is 1. The van der Waals surface area contributed by atoms with Crippen molar-refractivity contribution in [3.05, 3.63) is 29.3 Å². The summed E-state index contributed by atoms with van der Waals surface area (Å²) in [6.07, 6.45) is 1.40. The van der Waals surface area contributed by atoms with Crippen LogP contribution >= 0.6 is 0 Å². The molecule has 2 amide bonds. The molecule has 0 fully saturated rings. The number of anilines is 1. The smallest absolute Gasteiger partial charge is 0.305 e. The number of hydrogen-bond donors (Lipinski definition) is 3. The highest BCUT2D eigenvalue weighted by Crippen LogP contribution is 2.24. The lowest BCUT2D eigenvalue weighted by molar-refractivity contribution is -0.138. The molecule has 0 spiro atoms. The minimum absolute atomic E-state index is 0.0234. The van der Waals surface area contributed by atoms with E-state index >= 15 is 0 Å². The largest absolute Gasteiger partial charge is 0.481 e. The minimum atomic E-state index is -0.946. The molecule has 0 aliphatic carbocycles. The monoisotopic (exact) mass is 304 g/mol. The second kappa shape index (κ2) is 6.17. The lowest BCUT2D eigenvalue weighted by Crippen LogP contribution is -2.47. The number of benzene rings is 1. The Hall–Kier alpha value is -2.37. The van der Waals surface area contributed by atoms with Crippen LogP contribution in [0, 0.1) is 0 Å². The van der Waals surface area contributed by atoms with Gasteiger partial charge in [0.05, 0.1) is 6.42 Å². The fourth-order valence-electron chi connectivity index (χ4n) is 2.46. The molecule has 0 saturated heterocycles. The third-order valence-electron chi connectivity index (χ3n) is 4.00. The van der Waals surface area contributed by atoms with Crippen molar-refractivity contribution in [3.63, 3.8) is 0 Å². The van der Waals surface area contributed by atoms with Crippen molar-refractivity contribution in [2.75, 3.05) is 5.32 Å². The van der Waals surface area contributed by atoms with Gasteiger partial charge in [-0.2, -0.15) is 0 Å². The van der Waals surface area contributed by atoms with Crippen molar-refractivity contribution in [1.29, 1.82) is 0 Å². The highest BCUT2D eigenvalue weighted by molar-refractivity contribution is 5.98. The molecule has 1 aromatic carbocycles. The van der Waals surface area contributed by atoms with E-state index in [-0.39, 0.29) is 18.2 Å². The maximum Gasteiger partial charge on any atom is 0.305 e. The number of rotatable bonds is 5. The molecule has 1 heterocycles. The van der Waals surface area contributed by atoms with Gasteiger partial charge in [0.15, 0.2) is 0 Å². The van der Waals surface area contributed by atoms with Crippen molar-refractivity contribution in [2.24, 2.45) is 0 Å². The molecule has 6 nitrogen and oxygen atoms in total. The third-order valence-corrected chi connectivity index (χ3v) is 4.00. The molecular formula is C16H20N2O4. The van der Waals surface area contributed by atoms with Crippen molar-refractivity contribution in [1.82, 2.24) is 5.32 Å². The van der Waals surface area contributed by atoms with E-state index in [1.165, 1.54) is 0 Å². The minimum Gasteiger partial charge on any atom is -0.481 e. The zero-order chi connectivity index (χ0) is 16.3. The SMILES string of the molecule is CCC(C)(CC(=O)O)NC(=O)c1ccc2c(c1)CCC(=O)N2. The molecule has 118 valence electrons. The maximum absolute atomic E-state index is 12.4. The van der Waals surface area contributed by atoms with E-state index in [4.69, 9.17) is 5.11 Å². The molecule has 3 N–H and O–H groups in total. The van der Waals surface area contributed by atoms with E-state index in [1.807, 2.05) is 6.92 Å². The predicted octanol–water partition coefficient (Wildman–Crippen LogP) is 1.94. The fraction of sp³-hybridized carbons (Fsp3) is 0.438. The molecular weight excluding hydrogens is 284 g/mol. The Morgan fingerprint density at radius 3 is 2.73 bits per heavy atom. The molecule has 2 rings (SSSR count). The highest BCUT2D eigenvalue weighted by atomic mass is 16.4. The Morgan fingerprint density at radius 1 is 1.36 bits per heavy atom. The topological polar surface area (TPSA) is 95.5 Å². The van der Waals surface area contributed by atoms with Crippen molar-refractivity contribution >= 4 is 23.5 Å². The quantitative estimate of drug-likeness (QED) is 0.774. The molecule has 1 aromatic rings. The summed E-state index contributed by atoms with van der Waals surface area (Å²) in [6.45, 7) is 3.56. The van der Waals surface area contributed by atoms with Gasteiger partial charge >= 0.3 is 5.97 Å². The van der Waals surface area contributed by atoms with Crippen molar-refractivity contribution in [3.8, 4) is 0 Å². The average molecular weight is 304 g/mol. The summed E-state index contributed by atoms with van der Waals surface area (Å²) in [5, 5.41) is 14.5. The molecule has 1 aliphatic heterocycles. The summed E-state index contributed by atoms with van der Waals surface area (Å²) in [7, 11) is 0. The number of carboxylic acids is 1. The lowest BCUT2D eigenvalue weighted by Gasteiger charge is -2.28. The Balaban J connectivity index is 2.16. The van der Waals surface area contributed by atoms with E-state index < -0.39 is 11.5 Å².